The van der Waals surface area contributed by atoms with E-state index in [1.54, 1.807) is 7.11 Å². The molecule has 0 saturated carbocycles. The number of likely N-dealkylation sites (N-methyl/N-ethyl adjacent to an activating group) is 1. The minimum atomic E-state index is 0.314. The number of ether oxygens (including phenoxy) is 1. The summed E-state index contributed by atoms with van der Waals surface area (Å²) in [6.45, 7) is 2.89. The zero-order chi connectivity index (χ0) is 12.8. The molecule has 0 radical (unpaired) electrons. The fourth-order valence-corrected chi connectivity index (χ4v) is 2.29. The Morgan fingerprint density at radius 3 is 3.11 bits per heavy atom. The van der Waals surface area contributed by atoms with E-state index in [2.05, 4.69) is 29.6 Å². The number of benzene rings is 1. The van der Waals surface area contributed by atoms with Crippen molar-refractivity contribution < 1.29 is 9.57 Å². The Bertz CT molecular complexity index is 371. The van der Waals surface area contributed by atoms with Crippen LogP contribution in [0.1, 0.15) is 18.4 Å². The van der Waals surface area contributed by atoms with Crippen molar-refractivity contribution in [3.63, 3.8) is 0 Å². The first-order valence-corrected chi connectivity index (χ1v) is 6.48. The molecule has 0 amide bonds. The summed E-state index contributed by atoms with van der Waals surface area (Å²) in [5, 5.41) is 0. The second kappa shape index (κ2) is 6.73. The Morgan fingerprint density at radius 2 is 2.33 bits per heavy atom. The molecule has 1 aliphatic rings. The third-order valence-corrected chi connectivity index (χ3v) is 3.20. The van der Waals surface area contributed by atoms with Crippen molar-refractivity contribution in [1.82, 2.24) is 10.4 Å². The largest absolute Gasteiger partial charge is 0.489 e. The zero-order valence-electron chi connectivity index (χ0n) is 11.2. The van der Waals surface area contributed by atoms with Gasteiger partial charge in [0.05, 0.1) is 7.11 Å². The van der Waals surface area contributed by atoms with Crippen LogP contribution >= 0.6 is 0 Å². The average molecular weight is 250 g/mol. The molecule has 100 valence electrons. The summed E-state index contributed by atoms with van der Waals surface area (Å²) >= 11 is 0. The van der Waals surface area contributed by atoms with Crippen molar-refractivity contribution in [2.45, 2.75) is 25.5 Å². The number of nitrogens with zero attached hydrogens (tertiary/aromatic N) is 1. The molecule has 1 unspecified atom stereocenters. The van der Waals surface area contributed by atoms with Crippen LogP contribution in [0.5, 0.6) is 5.75 Å². The third kappa shape index (κ3) is 3.98. The lowest BCUT2D eigenvalue weighted by Crippen LogP contribution is -2.38. The van der Waals surface area contributed by atoms with Crippen LogP contribution in [-0.4, -0.2) is 38.3 Å². The molecule has 2 rings (SSSR count). The number of hydrogen-bond donors (Lipinski definition) is 1. The first-order chi connectivity index (χ1) is 8.78. The van der Waals surface area contributed by atoms with E-state index < -0.39 is 0 Å². The fraction of sp³-hybridized carbons (Fsp3) is 0.571. The van der Waals surface area contributed by atoms with Crippen LogP contribution < -0.4 is 10.2 Å². The molecule has 1 aromatic rings. The van der Waals surface area contributed by atoms with E-state index in [9.17, 15) is 0 Å². The summed E-state index contributed by atoms with van der Waals surface area (Å²) in [4.78, 5) is 7.18. The average Bonchev–Trinajstić information content (AvgIpc) is 2.37. The molecule has 1 fully saturated rings. The van der Waals surface area contributed by atoms with E-state index in [0.29, 0.717) is 12.6 Å². The van der Waals surface area contributed by atoms with Gasteiger partial charge in [-0.1, -0.05) is 12.1 Å². The van der Waals surface area contributed by atoms with Gasteiger partial charge in [-0.25, -0.2) is 0 Å². The first kappa shape index (κ1) is 13.3. The molecule has 1 atom stereocenters. The van der Waals surface area contributed by atoms with E-state index in [1.165, 1.54) is 18.5 Å². The van der Waals surface area contributed by atoms with Crippen molar-refractivity contribution in [2.24, 2.45) is 0 Å². The molecule has 0 aromatic heterocycles. The van der Waals surface area contributed by atoms with Crippen LogP contribution in [0.3, 0.4) is 0 Å². The quantitative estimate of drug-likeness (QED) is 0.808. The Hall–Kier alpha value is -1.10. The lowest BCUT2D eigenvalue weighted by atomic mass is 10.1. The van der Waals surface area contributed by atoms with Crippen LogP contribution in [0, 0.1) is 0 Å². The van der Waals surface area contributed by atoms with Gasteiger partial charge < -0.3 is 14.5 Å². The van der Waals surface area contributed by atoms with Gasteiger partial charge in [-0.05, 0) is 44.1 Å². The molecule has 0 spiro atoms. The van der Waals surface area contributed by atoms with Crippen molar-refractivity contribution >= 4 is 0 Å². The first-order valence-electron chi connectivity index (χ1n) is 6.48. The molecule has 1 N–H and O–H groups in total. The van der Waals surface area contributed by atoms with Gasteiger partial charge in [0.2, 0.25) is 0 Å². The Kier molecular flexibility index (Phi) is 4.99. The molecule has 18 heavy (non-hydrogen) atoms. The summed E-state index contributed by atoms with van der Waals surface area (Å²) in [5.41, 5.74) is 4.00. The summed E-state index contributed by atoms with van der Waals surface area (Å²) in [5.74, 6) is 0.950. The van der Waals surface area contributed by atoms with Crippen LogP contribution in [0.25, 0.3) is 0 Å². The van der Waals surface area contributed by atoms with E-state index >= 15 is 0 Å². The highest BCUT2D eigenvalue weighted by Gasteiger charge is 2.18. The minimum absolute atomic E-state index is 0.314. The number of nitrogens with one attached hydrogen (secondary N) is 1. The number of piperidine rings is 1. The van der Waals surface area contributed by atoms with Crippen LogP contribution in [0.2, 0.25) is 0 Å². The molecule has 0 bridgehead atoms. The highest BCUT2D eigenvalue weighted by atomic mass is 16.6. The smallest absolute Gasteiger partial charge is 0.120 e. The number of hydroxylamine groups is 1. The number of likely N-dealkylation sites (tertiary alicyclic amines) is 1. The molecular formula is C14H22N2O2. The molecule has 1 heterocycles. The van der Waals surface area contributed by atoms with Gasteiger partial charge in [-0.3, -0.25) is 0 Å². The monoisotopic (exact) mass is 250 g/mol. The predicted molar refractivity (Wildman–Crippen MR) is 71.4 cm³/mol. The zero-order valence-corrected chi connectivity index (χ0v) is 11.2. The van der Waals surface area contributed by atoms with Crippen LogP contribution in [0.15, 0.2) is 24.3 Å². The van der Waals surface area contributed by atoms with Gasteiger partial charge in [-0.2, -0.15) is 5.48 Å². The molecule has 0 aliphatic carbocycles. The van der Waals surface area contributed by atoms with Gasteiger partial charge in [-0.15, -0.1) is 0 Å². The Balaban J connectivity index is 1.91. The van der Waals surface area contributed by atoms with Gasteiger partial charge in [0, 0.05) is 13.1 Å². The van der Waals surface area contributed by atoms with Gasteiger partial charge >= 0.3 is 0 Å². The van der Waals surface area contributed by atoms with Crippen molar-refractivity contribution in [1.29, 1.82) is 0 Å². The molecule has 1 aromatic carbocycles. The Morgan fingerprint density at radius 1 is 1.44 bits per heavy atom. The van der Waals surface area contributed by atoms with Crippen molar-refractivity contribution in [3.8, 4) is 5.75 Å². The Labute approximate surface area is 109 Å². The normalized spacial score (nSPS) is 20.9. The molecule has 4 heteroatoms. The molecule has 4 nitrogen and oxygen atoms in total. The minimum Gasteiger partial charge on any atom is -0.489 e. The van der Waals surface area contributed by atoms with E-state index in [0.717, 1.165) is 18.7 Å². The topological polar surface area (TPSA) is 33.7 Å². The second-order valence-electron chi connectivity index (χ2n) is 4.82. The number of rotatable bonds is 5. The predicted octanol–water partition coefficient (Wildman–Crippen LogP) is 1.81. The van der Waals surface area contributed by atoms with E-state index in [4.69, 9.17) is 9.57 Å². The maximum absolute atomic E-state index is 6.04. The molecule has 1 aliphatic heterocycles. The van der Waals surface area contributed by atoms with Crippen LogP contribution in [0.4, 0.5) is 0 Å². The summed E-state index contributed by atoms with van der Waals surface area (Å²) in [6.07, 6.45) is 2.67. The maximum atomic E-state index is 6.04. The van der Waals surface area contributed by atoms with Gasteiger partial charge in [0.15, 0.2) is 0 Å². The summed E-state index contributed by atoms with van der Waals surface area (Å²) in [7, 11) is 3.77. The van der Waals surface area contributed by atoms with E-state index in [1.807, 2.05) is 12.1 Å². The molecular weight excluding hydrogens is 228 g/mol. The SMILES string of the molecule is CONCc1cccc(OC2CCCN(C)C2)c1. The van der Waals surface area contributed by atoms with Gasteiger partial charge in [0.25, 0.3) is 0 Å². The van der Waals surface area contributed by atoms with Crippen molar-refractivity contribution in [2.75, 3.05) is 27.2 Å². The van der Waals surface area contributed by atoms with Gasteiger partial charge in [0.1, 0.15) is 11.9 Å². The van der Waals surface area contributed by atoms with Crippen molar-refractivity contribution in [3.05, 3.63) is 29.8 Å². The third-order valence-electron chi connectivity index (χ3n) is 3.20. The summed E-state index contributed by atoms with van der Waals surface area (Å²) < 4.78 is 6.04. The van der Waals surface area contributed by atoms with Crippen LogP contribution in [-0.2, 0) is 11.4 Å². The summed E-state index contributed by atoms with van der Waals surface area (Å²) in [6, 6.07) is 8.17. The fourth-order valence-electron chi connectivity index (χ4n) is 2.29. The highest BCUT2D eigenvalue weighted by molar-refractivity contribution is 5.28. The second-order valence-corrected chi connectivity index (χ2v) is 4.82. The molecule has 1 saturated heterocycles. The van der Waals surface area contributed by atoms with E-state index in [-0.39, 0.29) is 0 Å². The lowest BCUT2D eigenvalue weighted by Gasteiger charge is -2.30. The number of hydrogen-bond acceptors (Lipinski definition) is 4. The maximum Gasteiger partial charge on any atom is 0.120 e. The highest BCUT2D eigenvalue weighted by Crippen LogP contribution is 2.19. The lowest BCUT2D eigenvalue weighted by molar-refractivity contribution is 0.0862. The standard InChI is InChI=1S/C14H22N2O2/c1-16-8-4-7-14(11-16)18-13-6-3-5-12(9-13)10-15-17-2/h3,5-6,9,14-15H,4,7-8,10-11H2,1-2H3.